The van der Waals surface area contributed by atoms with E-state index in [1.807, 2.05) is 78.9 Å². The lowest BCUT2D eigenvalue weighted by atomic mass is 9.67. The molecule has 0 saturated carbocycles. The first-order valence-electron chi connectivity index (χ1n) is 13.5. The second-order valence-electron chi connectivity index (χ2n) is 10.2. The van der Waals surface area contributed by atoms with E-state index in [2.05, 4.69) is 12.1 Å². The van der Waals surface area contributed by atoms with Crippen LogP contribution in [0.2, 0.25) is 0 Å². The van der Waals surface area contributed by atoms with Gasteiger partial charge in [-0.1, -0.05) is 66.7 Å². The molecule has 2 aliphatic rings. The van der Waals surface area contributed by atoms with E-state index in [1.165, 1.54) is 0 Å². The molecule has 0 aromatic heterocycles. The number of esters is 1. The van der Waals surface area contributed by atoms with Crippen LogP contribution in [0, 0.1) is 11.8 Å². The van der Waals surface area contributed by atoms with Gasteiger partial charge in [0.15, 0.2) is 23.0 Å². The highest BCUT2D eigenvalue weighted by Crippen LogP contribution is 2.50. The molecule has 0 amide bonds. The van der Waals surface area contributed by atoms with Gasteiger partial charge >= 0.3 is 5.97 Å². The number of carbonyl (C=O) groups is 1. The number of fused-ring (bicyclic) bond motifs is 2. The normalized spacial score (nSPS) is 19.2. The monoisotopic (exact) mass is 536 g/mol. The minimum Gasteiger partial charge on any atom is -0.493 e. The molecule has 6 nitrogen and oxygen atoms in total. The van der Waals surface area contributed by atoms with Crippen LogP contribution >= 0.6 is 0 Å². The highest BCUT2D eigenvalue weighted by molar-refractivity contribution is 5.77. The fourth-order valence-corrected chi connectivity index (χ4v) is 5.86. The Balaban J connectivity index is 1.35. The lowest BCUT2D eigenvalue weighted by molar-refractivity contribution is -0.141. The summed E-state index contributed by atoms with van der Waals surface area (Å²) < 4.78 is 29.4. The fourth-order valence-electron chi connectivity index (χ4n) is 5.86. The van der Waals surface area contributed by atoms with E-state index in [0.29, 0.717) is 49.2 Å². The Kier molecular flexibility index (Phi) is 7.32. The molecule has 0 unspecified atom stereocenters. The van der Waals surface area contributed by atoms with Gasteiger partial charge in [-0.25, -0.2) is 0 Å². The van der Waals surface area contributed by atoms with Crippen molar-refractivity contribution < 1.29 is 28.5 Å². The number of ether oxygens (including phenoxy) is 5. The Hall–Kier alpha value is -4.45. The third-order valence-electron chi connectivity index (χ3n) is 7.89. The largest absolute Gasteiger partial charge is 0.493 e. The molecule has 0 spiro atoms. The fraction of sp³-hybridized carbons (Fsp3) is 0.265. The molecule has 0 N–H and O–H groups in total. The van der Waals surface area contributed by atoms with E-state index in [9.17, 15) is 4.79 Å². The van der Waals surface area contributed by atoms with Gasteiger partial charge in [0.1, 0.15) is 13.2 Å². The summed E-state index contributed by atoms with van der Waals surface area (Å²) in [5.41, 5.74) is 5.37. The maximum Gasteiger partial charge on any atom is 0.309 e. The van der Waals surface area contributed by atoms with Gasteiger partial charge in [-0.05, 0) is 58.5 Å². The summed E-state index contributed by atoms with van der Waals surface area (Å²) in [4.78, 5) is 12.8. The second-order valence-corrected chi connectivity index (χ2v) is 10.2. The van der Waals surface area contributed by atoms with E-state index in [4.69, 9.17) is 23.7 Å². The standard InChI is InChI=1S/C34H32O6/c1-36-30-16-24(13-14-29(30)38-19-22-9-5-3-6-10-22)33-26-18-32(39-20-23-11-7-4-8-12-23)31(37-2)17-25(26)15-27-28(33)21-40-34(27)35/h3-14,16-18,27-28,33H,15,19-21H2,1-2H3/t27-,28+,33+/m1/s1. The molecule has 3 atom stereocenters. The van der Waals surface area contributed by atoms with Crippen LogP contribution in [0.25, 0.3) is 0 Å². The summed E-state index contributed by atoms with van der Waals surface area (Å²) in [6, 6.07) is 30.2. The predicted molar refractivity (Wildman–Crippen MR) is 151 cm³/mol. The van der Waals surface area contributed by atoms with Crippen LogP contribution in [0.1, 0.15) is 33.7 Å². The molecule has 1 saturated heterocycles. The number of cyclic esters (lactones) is 1. The first-order valence-corrected chi connectivity index (χ1v) is 13.5. The Bertz CT molecular complexity index is 1480. The Labute approximate surface area is 234 Å². The number of methoxy groups -OCH3 is 2. The van der Waals surface area contributed by atoms with Crippen LogP contribution < -0.4 is 18.9 Å². The molecule has 1 heterocycles. The molecular weight excluding hydrogens is 504 g/mol. The first kappa shape index (κ1) is 25.8. The molecule has 6 heteroatoms. The van der Waals surface area contributed by atoms with Crippen LogP contribution in [0.4, 0.5) is 0 Å². The maximum atomic E-state index is 12.8. The number of rotatable bonds is 9. The van der Waals surface area contributed by atoms with Crippen molar-refractivity contribution >= 4 is 5.97 Å². The number of hydrogen-bond donors (Lipinski definition) is 0. The number of carbonyl (C=O) groups excluding carboxylic acids is 1. The van der Waals surface area contributed by atoms with Crippen LogP contribution in [0.15, 0.2) is 91.0 Å². The summed E-state index contributed by atoms with van der Waals surface area (Å²) in [5.74, 6) is 2.23. The average Bonchev–Trinajstić information content (AvgIpc) is 3.37. The van der Waals surface area contributed by atoms with Crippen molar-refractivity contribution in [1.29, 1.82) is 0 Å². The third kappa shape index (κ3) is 5.09. The van der Waals surface area contributed by atoms with E-state index in [1.54, 1.807) is 14.2 Å². The second kappa shape index (κ2) is 11.3. The Morgan fingerprint density at radius 2 is 1.35 bits per heavy atom. The van der Waals surface area contributed by atoms with Gasteiger partial charge in [-0.3, -0.25) is 4.79 Å². The van der Waals surface area contributed by atoms with E-state index in [-0.39, 0.29) is 23.7 Å². The van der Waals surface area contributed by atoms with E-state index >= 15 is 0 Å². The highest BCUT2D eigenvalue weighted by Gasteiger charge is 2.47. The lowest BCUT2D eigenvalue weighted by Gasteiger charge is -2.34. The molecule has 4 aromatic carbocycles. The topological polar surface area (TPSA) is 63.2 Å². The molecule has 0 radical (unpaired) electrons. The molecular formula is C34H32O6. The minimum atomic E-state index is -0.210. The van der Waals surface area contributed by atoms with Gasteiger partial charge in [0.25, 0.3) is 0 Å². The molecule has 4 aromatic rings. The van der Waals surface area contributed by atoms with E-state index < -0.39 is 0 Å². The Morgan fingerprint density at radius 3 is 2.00 bits per heavy atom. The number of hydrogen-bond acceptors (Lipinski definition) is 6. The maximum absolute atomic E-state index is 12.8. The summed E-state index contributed by atoms with van der Waals surface area (Å²) in [5, 5.41) is 0. The summed E-state index contributed by atoms with van der Waals surface area (Å²) in [6.45, 7) is 1.25. The Morgan fingerprint density at radius 1 is 0.725 bits per heavy atom. The smallest absolute Gasteiger partial charge is 0.309 e. The van der Waals surface area contributed by atoms with Gasteiger partial charge in [-0.15, -0.1) is 0 Å². The van der Waals surface area contributed by atoms with Crippen molar-refractivity contribution in [2.24, 2.45) is 11.8 Å². The first-order chi connectivity index (χ1) is 19.6. The van der Waals surface area contributed by atoms with Gasteiger partial charge in [0.2, 0.25) is 0 Å². The predicted octanol–water partition coefficient (Wildman–Crippen LogP) is 6.34. The summed E-state index contributed by atoms with van der Waals surface area (Å²) in [7, 11) is 3.29. The third-order valence-corrected chi connectivity index (χ3v) is 7.89. The van der Waals surface area contributed by atoms with Crippen LogP contribution in [-0.2, 0) is 29.2 Å². The van der Waals surface area contributed by atoms with Crippen molar-refractivity contribution in [3.8, 4) is 23.0 Å². The average molecular weight is 537 g/mol. The molecule has 1 fully saturated rings. The zero-order valence-corrected chi connectivity index (χ0v) is 22.7. The van der Waals surface area contributed by atoms with Crippen LogP contribution in [-0.4, -0.2) is 26.8 Å². The van der Waals surface area contributed by atoms with Crippen molar-refractivity contribution in [2.75, 3.05) is 20.8 Å². The van der Waals surface area contributed by atoms with Crippen molar-refractivity contribution in [3.63, 3.8) is 0 Å². The zero-order chi connectivity index (χ0) is 27.5. The number of benzene rings is 4. The molecule has 0 bridgehead atoms. The SMILES string of the molecule is COc1cc([C@H]2c3cc(OCc4ccccc4)c(OC)cc3C[C@H]3C(=O)OC[C@H]23)ccc1OCc1ccccc1. The van der Waals surface area contributed by atoms with Gasteiger partial charge in [-0.2, -0.15) is 0 Å². The molecule has 204 valence electrons. The summed E-state index contributed by atoms with van der Waals surface area (Å²) in [6.07, 6.45) is 0.611. The van der Waals surface area contributed by atoms with Crippen molar-refractivity contribution in [3.05, 3.63) is 119 Å². The van der Waals surface area contributed by atoms with Gasteiger partial charge < -0.3 is 23.7 Å². The molecule has 1 aliphatic carbocycles. The lowest BCUT2D eigenvalue weighted by Crippen LogP contribution is -2.31. The summed E-state index contributed by atoms with van der Waals surface area (Å²) >= 11 is 0. The van der Waals surface area contributed by atoms with Gasteiger partial charge in [0.05, 0.1) is 26.7 Å². The highest BCUT2D eigenvalue weighted by atomic mass is 16.5. The van der Waals surface area contributed by atoms with E-state index in [0.717, 1.165) is 27.8 Å². The molecule has 6 rings (SSSR count). The van der Waals surface area contributed by atoms with Crippen LogP contribution in [0.5, 0.6) is 23.0 Å². The molecule has 40 heavy (non-hydrogen) atoms. The van der Waals surface area contributed by atoms with Crippen molar-refractivity contribution in [1.82, 2.24) is 0 Å². The molecule has 1 aliphatic heterocycles. The zero-order valence-electron chi connectivity index (χ0n) is 22.7. The van der Waals surface area contributed by atoms with Gasteiger partial charge in [0, 0.05) is 11.8 Å². The quantitative estimate of drug-likeness (QED) is 0.233. The van der Waals surface area contributed by atoms with Crippen LogP contribution in [0.3, 0.4) is 0 Å². The van der Waals surface area contributed by atoms with Crippen molar-refractivity contribution in [2.45, 2.75) is 25.6 Å². The minimum absolute atomic E-state index is 0.0103.